The maximum Gasteiger partial charge on any atom is 0.232 e. The summed E-state index contributed by atoms with van der Waals surface area (Å²) in [7, 11) is 0. The molecule has 0 aromatic carbocycles. The van der Waals surface area contributed by atoms with Crippen LogP contribution in [0.3, 0.4) is 0 Å². The van der Waals surface area contributed by atoms with Crippen LogP contribution in [0.15, 0.2) is 0 Å². The number of primary amides is 1. The molecule has 0 saturated carbocycles. The number of nitrogens with zero attached hydrogens (tertiary/aromatic N) is 1. The van der Waals surface area contributed by atoms with Gasteiger partial charge in [0.25, 0.3) is 0 Å². The van der Waals surface area contributed by atoms with Gasteiger partial charge in [0, 0.05) is 18.6 Å². The van der Waals surface area contributed by atoms with Gasteiger partial charge < -0.3 is 16.4 Å². The summed E-state index contributed by atoms with van der Waals surface area (Å²) in [5, 5.41) is 0. The second kappa shape index (κ2) is 5.92. The summed E-state index contributed by atoms with van der Waals surface area (Å²) in [6.07, 6.45) is 1.40. The Hall–Kier alpha value is -0.810. The Balaban J connectivity index is 0.00000196. The summed E-state index contributed by atoms with van der Waals surface area (Å²) in [6, 6.07) is 0.285. The molecule has 1 saturated heterocycles. The van der Waals surface area contributed by atoms with Gasteiger partial charge in [0.2, 0.25) is 11.8 Å². The maximum absolute atomic E-state index is 11.5. The second-order valence-electron chi connectivity index (χ2n) is 3.86. The number of carbonyl (C=O) groups is 2. The quantitative estimate of drug-likeness (QED) is 0.640. The van der Waals surface area contributed by atoms with Gasteiger partial charge in [-0.05, 0) is 19.8 Å². The predicted octanol–water partition coefficient (Wildman–Crippen LogP) is -0.378. The van der Waals surface area contributed by atoms with Gasteiger partial charge in [-0.2, -0.15) is 0 Å². The number of amides is 2. The van der Waals surface area contributed by atoms with E-state index in [1.165, 1.54) is 0 Å². The fourth-order valence-electron chi connectivity index (χ4n) is 1.83. The highest BCUT2D eigenvalue weighted by atomic mass is 35.5. The molecular formula is C9H18ClN3O2. The van der Waals surface area contributed by atoms with Gasteiger partial charge in [-0.25, -0.2) is 0 Å². The van der Waals surface area contributed by atoms with Crippen molar-refractivity contribution < 1.29 is 9.59 Å². The first-order chi connectivity index (χ1) is 6.50. The lowest BCUT2D eigenvalue weighted by molar-refractivity contribution is -0.137. The molecule has 0 aromatic rings. The molecule has 0 aromatic heterocycles. The van der Waals surface area contributed by atoms with Crippen LogP contribution < -0.4 is 11.5 Å². The Bertz CT molecular complexity index is 248. The number of carbonyl (C=O) groups excluding carboxylic acids is 2. The van der Waals surface area contributed by atoms with E-state index in [0.29, 0.717) is 6.54 Å². The number of likely N-dealkylation sites (tertiary alicyclic amines) is 1. The molecule has 6 heteroatoms. The van der Waals surface area contributed by atoms with Gasteiger partial charge in [-0.15, -0.1) is 12.4 Å². The van der Waals surface area contributed by atoms with Crippen molar-refractivity contribution in [1.29, 1.82) is 0 Å². The van der Waals surface area contributed by atoms with Crippen molar-refractivity contribution in [2.45, 2.75) is 38.3 Å². The molecule has 2 atom stereocenters. The van der Waals surface area contributed by atoms with Crippen LogP contribution in [-0.4, -0.2) is 35.3 Å². The normalized spacial score (nSPS) is 25.6. The molecule has 1 aliphatic rings. The Kier molecular flexibility index (Phi) is 5.60. The third-order valence-corrected chi connectivity index (χ3v) is 2.56. The third-order valence-electron chi connectivity index (χ3n) is 2.56. The highest BCUT2D eigenvalue weighted by molar-refractivity contribution is 5.96. The Labute approximate surface area is 95.6 Å². The van der Waals surface area contributed by atoms with Crippen LogP contribution >= 0.6 is 12.4 Å². The first-order valence-corrected chi connectivity index (χ1v) is 4.84. The molecule has 0 aliphatic carbocycles. The van der Waals surface area contributed by atoms with Crippen molar-refractivity contribution >= 4 is 24.2 Å². The standard InChI is InChI=1S/C9H17N3O2.ClH/c1-6-4-7(10)2-3-12(6)9(14)5-8(11)13;/h6-7H,2-5,10H2,1H3,(H2,11,13);1H. The number of nitrogens with two attached hydrogens (primary N) is 2. The zero-order valence-corrected chi connectivity index (χ0v) is 9.63. The molecule has 2 amide bonds. The minimum atomic E-state index is -0.572. The van der Waals surface area contributed by atoms with Gasteiger partial charge in [-0.3, -0.25) is 9.59 Å². The van der Waals surface area contributed by atoms with E-state index in [0.717, 1.165) is 12.8 Å². The minimum absolute atomic E-state index is 0. The SMILES string of the molecule is CC1CC(N)CCN1C(=O)CC(N)=O.Cl. The van der Waals surface area contributed by atoms with Crippen molar-refractivity contribution in [3.8, 4) is 0 Å². The van der Waals surface area contributed by atoms with E-state index in [1.807, 2.05) is 6.92 Å². The van der Waals surface area contributed by atoms with E-state index in [2.05, 4.69) is 0 Å². The van der Waals surface area contributed by atoms with Gasteiger partial charge in [0.1, 0.15) is 6.42 Å². The van der Waals surface area contributed by atoms with E-state index in [-0.39, 0.29) is 36.8 Å². The maximum atomic E-state index is 11.5. The summed E-state index contributed by atoms with van der Waals surface area (Å²) >= 11 is 0. The van der Waals surface area contributed by atoms with E-state index in [1.54, 1.807) is 4.90 Å². The summed E-state index contributed by atoms with van der Waals surface area (Å²) in [4.78, 5) is 23.8. The largest absolute Gasteiger partial charge is 0.369 e. The van der Waals surface area contributed by atoms with Crippen molar-refractivity contribution in [3.63, 3.8) is 0 Å². The Morgan fingerprint density at radius 2 is 2.07 bits per heavy atom. The summed E-state index contributed by atoms with van der Waals surface area (Å²) in [5.41, 5.74) is 10.7. The van der Waals surface area contributed by atoms with Crippen molar-refractivity contribution in [2.75, 3.05) is 6.54 Å². The van der Waals surface area contributed by atoms with Gasteiger partial charge in [0.15, 0.2) is 0 Å². The molecule has 5 nitrogen and oxygen atoms in total. The van der Waals surface area contributed by atoms with Crippen LogP contribution in [0.5, 0.6) is 0 Å². The number of halogens is 1. The van der Waals surface area contributed by atoms with Crippen LogP contribution in [-0.2, 0) is 9.59 Å². The fourth-order valence-corrected chi connectivity index (χ4v) is 1.83. The zero-order chi connectivity index (χ0) is 10.7. The number of hydrogen-bond donors (Lipinski definition) is 2. The molecule has 1 heterocycles. The molecule has 88 valence electrons. The summed E-state index contributed by atoms with van der Waals surface area (Å²) in [6.45, 7) is 2.58. The smallest absolute Gasteiger partial charge is 0.232 e. The van der Waals surface area contributed by atoms with E-state index < -0.39 is 5.91 Å². The molecule has 1 fully saturated rings. The van der Waals surface area contributed by atoms with Crippen molar-refractivity contribution in [1.82, 2.24) is 4.90 Å². The number of hydrogen-bond acceptors (Lipinski definition) is 3. The monoisotopic (exact) mass is 235 g/mol. The van der Waals surface area contributed by atoms with Crippen LogP contribution in [0.1, 0.15) is 26.2 Å². The van der Waals surface area contributed by atoms with E-state index >= 15 is 0 Å². The first-order valence-electron chi connectivity index (χ1n) is 4.84. The highest BCUT2D eigenvalue weighted by Gasteiger charge is 2.27. The number of piperidine rings is 1. The lowest BCUT2D eigenvalue weighted by atomic mass is 9.99. The molecule has 15 heavy (non-hydrogen) atoms. The topological polar surface area (TPSA) is 89.4 Å². The lowest BCUT2D eigenvalue weighted by Gasteiger charge is -2.36. The molecule has 1 aliphatic heterocycles. The van der Waals surface area contributed by atoms with E-state index in [9.17, 15) is 9.59 Å². The second-order valence-corrected chi connectivity index (χ2v) is 3.86. The first kappa shape index (κ1) is 14.2. The Morgan fingerprint density at radius 3 is 2.53 bits per heavy atom. The lowest BCUT2D eigenvalue weighted by Crippen LogP contribution is -2.49. The molecule has 0 radical (unpaired) electrons. The number of rotatable bonds is 2. The highest BCUT2D eigenvalue weighted by Crippen LogP contribution is 2.16. The zero-order valence-electron chi connectivity index (χ0n) is 8.81. The molecule has 0 bridgehead atoms. The minimum Gasteiger partial charge on any atom is -0.369 e. The molecule has 0 spiro atoms. The molecule has 2 unspecified atom stereocenters. The summed E-state index contributed by atoms with van der Waals surface area (Å²) < 4.78 is 0. The molecular weight excluding hydrogens is 218 g/mol. The molecule has 1 rings (SSSR count). The van der Waals surface area contributed by atoms with Gasteiger partial charge >= 0.3 is 0 Å². The van der Waals surface area contributed by atoms with Crippen LogP contribution in [0.2, 0.25) is 0 Å². The average molecular weight is 236 g/mol. The van der Waals surface area contributed by atoms with Crippen LogP contribution in [0.4, 0.5) is 0 Å². The van der Waals surface area contributed by atoms with Crippen molar-refractivity contribution in [2.24, 2.45) is 11.5 Å². The predicted molar refractivity (Wildman–Crippen MR) is 59.4 cm³/mol. The Morgan fingerprint density at radius 1 is 1.47 bits per heavy atom. The average Bonchev–Trinajstić information content (AvgIpc) is 2.01. The third kappa shape index (κ3) is 4.05. The van der Waals surface area contributed by atoms with Gasteiger partial charge in [0.05, 0.1) is 0 Å². The fraction of sp³-hybridized carbons (Fsp3) is 0.778. The summed E-state index contributed by atoms with van der Waals surface area (Å²) in [5.74, 6) is -0.756. The van der Waals surface area contributed by atoms with Gasteiger partial charge in [-0.1, -0.05) is 0 Å². The van der Waals surface area contributed by atoms with Crippen LogP contribution in [0.25, 0.3) is 0 Å². The van der Waals surface area contributed by atoms with Crippen molar-refractivity contribution in [3.05, 3.63) is 0 Å². The van der Waals surface area contributed by atoms with Crippen LogP contribution in [0, 0.1) is 0 Å². The molecule has 4 N–H and O–H groups in total. The van der Waals surface area contributed by atoms with E-state index in [4.69, 9.17) is 11.5 Å².